The van der Waals surface area contributed by atoms with E-state index in [-0.39, 0.29) is 11.6 Å². The highest BCUT2D eigenvalue weighted by Crippen LogP contribution is 2.45. The Bertz CT molecular complexity index is 527. The molecule has 0 bridgehead atoms. The van der Waals surface area contributed by atoms with E-state index in [1.165, 1.54) is 6.07 Å². The van der Waals surface area contributed by atoms with Gasteiger partial charge in [-0.05, 0) is 24.5 Å². The van der Waals surface area contributed by atoms with E-state index >= 15 is 0 Å². The third kappa shape index (κ3) is 2.09. The van der Waals surface area contributed by atoms with Crippen LogP contribution in [-0.2, 0) is 10.2 Å². The van der Waals surface area contributed by atoms with Gasteiger partial charge in [0.1, 0.15) is 0 Å². The van der Waals surface area contributed by atoms with Crippen molar-refractivity contribution in [1.82, 2.24) is 0 Å². The summed E-state index contributed by atoms with van der Waals surface area (Å²) < 4.78 is 0. The molecule has 1 unspecified atom stereocenters. The average Bonchev–Trinajstić information content (AvgIpc) is 2.68. The van der Waals surface area contributed by atoms with Crippen molar-refractivity contribution in [3.05, 3.63) is 33.9 Å². The summed E-state index contributed by atoms with van der Waals surface area (Å²) in [5, 5.41) is 13.7. The van der Waals surface area contributed by atoms with Crippen molar-refractivity contribution >= 4 is 17.3 Å². The zero-order chi connectivity index (χ0) is 14.0. The second kappa shape index (κ2) is 4.99. The fraction of sp³-hybridized carbons (Fsp3) is 0.500. The van der Waals surface area contributed by atoms with Crippen LogP contribution in [0.5, 0.6) is 0 Å². The van der Waals surface area contributed by atoms with E-state index in [0.29, 0.717) is 12.1 Å². The summed E-state index contributed by atoms with van der Waals surface area (Å²) >= 11 is 0. The summed E-state index contributed by atoms with van der Waals surface area (Å²) in [6.45, 7) is 4.04. The number of benzene rings is 1. The minimum absolute atomic E-state index is 0.0288. The van der Waals surface area contributed by atoms with Crippen molar-refractivity contribution in [2.45, 2.75) is 44.9 Å². The fourth-order valence-electron chi connectivity index (χ4n) is 2.77. The topological polar surface area (TPSA) is 72.2 Å². The van der Waals surface area contributed by atoms with Gasteiger partial charge in [-0.1, -0.05) is 26.7 Å². The zero-order valence-corrected chi connectivity index (χ0v) is 11.2. The molecule has 1 aliphatic heterocycles. The molecule has 5 heteroatoms. The van der Waals surface area contributed by atoms with Gasteiger partial charge < -0.3 is 5.32 Å². The zero-order valence-electron chi connectivity index (χ0n) is 11.2. The highest BCUT2D eigenvalue weighted by atomic mass is 16.6. The second-order valence-electron chi connectivity index (χ2n) is 4.98. The number of nitro benzene ring substituents is 1. The van der Waals surface area contributed by atoms with Crippen LogP contribution in [0.1, 0.15) is 45.1 Å². The number of rotatable bonds is 5. The third-order valence-corrected chi connectivity index (χ3v) is 3.97. The first-order valence-electron chi connectivity index (χ1n) is 6.65. The van der Waals surface area contributed by atoms with Gasteiger partial charge >= 0.3 is 0 Å². The van der Waals surface area contributed by atoms with Gasteiger partial charge in [0.25, 0.3) is 5.69 Å². The Hall–Kier alpha value is -1.91. The minimum atomic E-state index is -0.600. The van der Waals surface area contributed by atoms with Crippen LogP contribution in [0.25, 0.3) is 0 Å². The molecule has 1 aliphatic rings. The van der Waals surface area contributed by atoms with Crippen LogP contribution in [0.15, 0.2) is 18.2 Å². The van der Waals surface area contributed by atoms with E-state index < -0.39 is 10.3 Å². The number of amides is 1. The molecule has 0 saturated carbocycles. The van der Waals surface area contributed by atoms with Gasteiger partial charge in [-0.3, -0.25) is 14.9 Å². The Morgan fingerprint density at radius 1 is 1.37 bits per heavy atom. The highest BCUT2D eigenvalue weighted by molar-refractivity contribution is 6.06. The highest BCUT2D eigenvalue weighted by Gasteiger charge is 2.45. The third-order valence-electron chi connectivity index (χ3n) is 3.97. The van der Waals surface area contributed by atoms with Crippen molar-refractivity contribution in [2.24, 2.45) is 0 Å². The van der Waals surface area contributed by atoms with Gasteiger partial charge in [-0.2, -0.15) is 0 Å². The average molecular weight is 262 g/mol. The first-order chi connectivity index (χ1) is 9.05. The molecule has 2 rings (SSSR count). The van der Waals surface area contributed by atoms with E-state index in [2.05, 4.69) is 12.2 Å². The molecule has 1 atom stereocenters. The van der Waals surface area contributed by atoms with Crippen LogP contribution in [0.3, 0.4) is 0 Å². The molecule has 1 aromatic rings. The molecular weight excluding hydrogens is 244 g/mol. The lowest BCUT2D eigenvalue weighted by Gasteiger charge is -2.25. The van der Waals surface area contributed by atoms with E-state index in [0.717, 1.165) is 24.8 Å². The van der Waals surface area contributed by atoms with E-state index in [1.807, 2.05) is 6.92 Å². The van der Waals surface area contributed by atoms with Crippen LogP contribution < -0.4 is 5.32 Å². The van der Waals surface area contributed by atoms with E-state index in [9.17, 15) is 14.9 Å². The Labute approximate surface area is 112 Å². The number of unbranched alkanes of at least 4 members (excludes halogenated alkanes) is 1. The summed E-state index contributed by atoms with van der Waals surface area (Å²) in [6, 6.07) is 4.62. The van der Waals surface area contributed by atoms with Gasteiger partial charge in [0, 0.05) is 17.8 Å². The molecule has 0 fully saturated rings. The van der Waals surface area contributed by atoms with Crippen molar-refractivity contribution in [2.75, 3.05) is 5.32 Å². The summed E-state index contributed by atoms with van der Waals surface area (Å²) in [5.74, 6) is -0.0288. The number of carbonyl (C=O) groups is 1. The van der Waals surface area contributed by atoms with E-state index in [4.69, 9.17) is 0 Å². The fourth-order valence-corrected chi connectivity index (χ4v) is 2.77. The predicted octanol–water partition coefficient (Wildman–Crippen LogP) is 3.38. The number of hydrogen-bond donors (Lipinski definition) is 1. The lowest BCUT2D eigenvalue weighted by atomic mass is 9.75. The maximum Gasteiger partial charge on any atom is 0.269 e. The van der Waals surface area contributed by atoms with Crippen LogP contribution in [0.4, 0.5) is 11.4 Å². The van der Waals surface area contributed by atoms with Crippen LogP contribution >= 0.6 is 0 Å². The molecule has 0 radical (unpaired) electrons. The maximum atomic E-state index is 12.3. The standard InChI is InChI=1S/C14H18N2O3/c1-3-5-8-14(4-2)11-9-10(16(18)19)6-7-12(11)15-13(14)17/h6-7,9H,3-5,8H2,1-2H3,(H,15,17). The molecule has 19 heavy (non-hydrogen) atoms. The Kier molecular flexibility index (Phi) is 3.55. The molecular formula is C14H18N2O3. The molecule has 0 aliphatic carbocycles. The van der Waals surface area contributed by atoms with Crippen LogP contribution in [-0.4, -0.2) is 10.8 Å². The molecule has 1 aromatic carbocycles. The summed E-state index contributed by atoms with van der Waals surface area (Å²) in [6.07, 6.45) is 3.33. The molecule has 1 N–H and O–H groups in total. The van der Waals surface area contributed by atoms with Gasteiger partial charge in [0.05, 0.1) is 10.3 Å². The lowest BCUT2D eigenvalue weighted by Crippen LogP contribution is -2.33. The number of nitrogens with zero attached hydrogens (tertiary/aromatic N) is 1. The summed E-state index contributed by atoms with van der Waals surface area (Å²) in [7, 11) is 0. The minimum Gasteiger partial charge on any atom is -0.325 e. The Morgan fingerprint density at radius 2 is 2.11 bits per heavy atom. The van der Waals surface area contributed by atoms with Crippen molar-refractivity contribution in [1.29, 1.82) is 0 Å². The first kappa shape index (κ1) is 13.5. The lowest BCUT2D eigenvalue weighted by molar-refractivity contribution is -0.384. The predicted molar refractivity (Wildman–Crippen MR) is 73.2 cm³/mol. The number of fused-ring (bicyclic) bond motifs is 1. The van der Waals surface area contributed by atoms with Crippen LogP contribution in [0, 0.1) is 10.1 Å². The molecule has 0 aromatic heterocycles. The summed E-state index contributed by atoms with van der Waals surface area (Å²) in [5.41, 5.74) is 0.943. The Balaban J connectivity index is 2.50. The van der Waals surface area contributed by atoms with Crippen LogP contribution in [0.2, 0.25) is 0 Å². The smallest absolute Gasteiger partial charge is 0.269 e. The van der Waals surface area contributed by atoms with Gasteiger partial charge in [-0.25, -0.2) is 0 Å². The largest absolute Gasteiger partial charge is 0.325 e. The maximum absolute atomic E-state index is 12.3. The van der Waals surface area contributed by atoms with Crippen molar-refractivity contribution in [3.63, 3.8) is 0 Å². The van der Waals surface area contributed by atoms with E-state index in [1.54, 1.807) is 12.1 Å². The van der Waals surface area contributed by atoms with Crippen molar-refractivity contribution in [3.8, 4) is 0 Å². The molecule has 1 heterocycles. The Morgan fingerprint density at radius 3 is 2.68 bits per heavy atom. The van der Waals surface area contributed by atoms with Gasteiger partial charge in [0.2, 0.25) is 5.91 Å². The number of nitro groups is 1. The van der Waals surface area contributed by atoms with Gasteiger partial charge in [0.15, 0.2) is 0 Å². The molecule has 102 valence electrons. The molecule has 0 spiro atoms. The second-order valence-corrected chi connectivity index (χ2v) is 4.98. The number of non-ortho nitro benzene ring substituents is 1. The summed E-state index contributed by atoms with van der Waals surface area (Å²) in [4.78, 5) is 22.8. The first-order valence-corrected chi connectivity index (χ1v) is 6.65. The van der Waals surface area contributed by atoms with Gasteiger partial charge in [-0.15, -0.1) is 0 Å². The number of carbonyl (C=O) groups excluding carboxylic acids is 1. The SMILES string of the molecule is CCCCC1(CC)C(=O)Nc2ccc([N+](=O)[O-])cc21. The van der Waals surface area contributed by atoms with Crippen molar-refractivity contribution < 1.29 is 9.72 Å². The number of nitrogens with one attached hydrogen (secondary N) is 1. The normalized spacial score (nSPS) is 21.1. The molecule has 5 nitrogen and oxygen atoms in total. The quantitative estimate of drug-likeness (QED) is 0.653. The molecule has 1 amide bonds. The number of hydrogen-bond acceptors (Lipinski definition) is 3. The number of anilines is 1. The monoisotopic (exact) mass is 262 g/mol. The molecule has 0 saturated heterocycles.